The molecule has 0 spiro atoms. The van der Waals surface area contributed by atoms with Crippen LogP contribution in [0.3, 0.4) is 0 Å². The standard InChI is InChI=1S/C10H14O5/c1-7(4-13-2)14-6-9-3-8(5-15-9)10(11)12/h3,5,7H,4,6H2,1-2H3,(H,11,12). The summed E-state index contributed by atoms with van der Waals surface area (Å²) in [6.07, 6.45) is 1.15. The van der Waals surface area contributed by atoms with Gasteiger partial charge >= 0.3 is 5.97 Å². The number of hydrogen-bond acceptors (Lipinski definition) is 4. The highest BCUT2D eigenvalue weighted by Gasteiger charge is 2.09. The van der Waals surface area contributed by atoms with E-state index in [1.165, 1.54) is 12.3 Å². The van der Waals surface area contributed by atoms with Crippen molar-refractivity contribution in [3.8, 4) is 0 Å². The number of hydrogen-bond donors (Lipinski definition) is 1. The Morgan fingerprint density at radius 1 is 1.67 bits per heavy atom. The first-order chi connectivity index (χ1) is 7.13. The van der Waals surface area contributed by atoms with Gasteiger partial charge in [-0.3, -0.25) is 0 Å². The third-order valence-corrected chi connectivity index (χ3v) is 1.81. The van der Waals surface area contributed by atoms with E-state index >= 15 is 0 Å². The molecule has 0 amide bonds. The average Bonchev–Trinajstić information content (AvgIpc) is 2.63. The summed E-state index contributed by atoms with van der Waals surface area (Å²) in [5.41, 5.74) is 0.132. The molecule has 1 N–H and O–H groups in total. The summed E-state index contributed by atoms with van der Waals surface area (Å²) < 4.78 is 15.2. The van der Waals surface area contributed by atoms with Gasteiger partial charge in [-0.2, -0.15) is 0 Å². The molecule has 5 heteroatoms. The van der Waals surface area contributed by atoms with E-state index < -0.39 is 5.97 Å². The van der Waals surface area contributed by atoms with Gasteiger partial charge in [0.25, 0.3) is 0 Å². The van der Waals surface area contributed by atoms with Gasteiger partial charge in [0.15, 0.2) is 0 Å². The number of aromatic carboxylic acids is 1. The summed E-state index contributed by atoms with van der Waals surface area (Å²) in [5.74, 6) is -0.509. The molecule has 5 nitrogen and oxygen atoms in total. The van der Waals surface area contributed by atoms with E-state index in [0.717, 1.165) is 0 Å². The zero-order chi connectivity index (χ0) is 11.3. The van der Waals surface area contributed by atoms with Crippen LogP contribution in [0.2, 0.25) is 0 Å². The van der Waals surface area contributed by atoms with Crippen LogP contribution in [0.5, 0.6) is 0 Å². The average molecular weight is 214 g/mol. The Morgan fingerprint density at radius 2 is 2.40 bits per heavy atom. The molecule has 0 fully saturated rings. The van der Waals surface area contributed by atoms with Gasteiger partial charge in [-0.25, -0.2) is 4.79 Å². The third-order valence-electron chi connectivity index (χ3n) is 1.81. The van der Waals surface area contributed by atoms with Gasteiger partial charge in [0.1, 0.15) is 18.6 Å². The molecule has 15 heavy (non-hydrogen) atoms. The molecule has 1 heterocycles. The highest BCUT2D eigenvalue weighted by molar-refractivity contribution is 5.87. The van der Waals surface area contributed by atoms with E-state index in [1.54, 1.807) is 7.11 Å². The van der Waals surface area contributed by atoms with E-state index in [4.69, 9.17) is 19.0 Å². The van der Waals surface area contributed by atoms with E-state index in [0.29, 0.717) is 12.4 Å². The largest absolute Gasteiger partial charge is 0.478 e. The summed E-state index contributed by atoms with van der Waals surface area (Å²) in [7, 11) is 1.59. The topological polar surface area (TPSA) is 68.9 Å². The predicted molar refractivity (Wildman–Crippen MR) is 51.8 cm³/mol. The number of furan rings is 1. The van der Waals surface area contributed by atoms with E-state index in [9.17, 15) is 4.79 Å². The molecule has 0 saturated heterocycles. The van der Waals surface area contributed by atoms with Gasteiger partial charge in [-0.05, 0) is 13.0 Å². The van der Waals surface area contributed by atoms with E-state index in [2.05, 4.69) is 0 Å². The second-order valence-electron chi connectivity index (χ2n) is 3.18. The molecule has 1 aromatic heterocycles. The molecule has 0 bridgehead atoms. The van der Waals surface area contributed by atoms with Gasteiger partial charge in [0.05, 0.1) is 18.3 Å². The lowest BCUT2D eigenvalue weighted by molar-refractivity contribution is -0.00635. The Hall–Kier alpha value is -1.33. The fourth-order valence-corrected chi connectivity index (χ4v) is 1.08. The van der Waals surface area contributed by atoms with Crippen LogP contribution in [0.25, 0.3) is 0 Å². The van der Waals surface area contributed by atoms with Crippen molar-refractivity contribution >= 4 is 5.97 Å². The molecule has 0 aliphatic rings. The van der Waals surface area contributed by atoms with Gasteiger partial charge in [0.2, 0.25) is 0 Å². The first-order valence-electron chi connectivity index (χ1n) is 4.54. The molecule has 1 atom stereocenters. The second-order valence-corrected chi connectivity index (χ2v) is 3.18. The summed E-state index contributed by atoms with van der Waals surface area (Å²) in [4.78, 5) is 10.5. The summed E-state index contributed by atoms with van der Waals surface area (Å²) in [5, 5.41) is 8.64. The fraction of sp³-hybridized carbons (Fsp3) is 0.500. The van der Waals surface area contributed by atoms with Crippen molar-refractivity contribution in [3.05, 3.63) is 23.7 Å². The summed E-state index contributed by atoms with van der Waals surface area (Å²) in [6.45, 7) is 2.61. The Morgan fingerprint density at radius 3 is 2.93 bits per heavy atom. The molecule has 0 aliphatic heterocycles. The Kier molecular flexibility index (Phi) is 4.33. The maximum absolute atomic E-state index is 10.5. The molecule has 0 radical (unpaired) electrons. The van der Waals surface area contributed by atoms with E-state index in [1.807, 2.05) is 6.92 Å². The maximum Gasteiger partial charge on any atom is 0.338 e. The quantitative estimate of drug-likeness (QED) is 0.777. The maximum atomic E-state index is 10.5. The minimum absolute atomic E-state index is 0.0478. The molecule has 1 rings (SSSR count). The zero-order valence-electron chi connectivity index (χ0n) is 8.73. The van der Waals surface area contributed by atoms with Crippen molar-refractivity contribution < 1.29 is 23.8 Å². The molecular formula is C10H14O5. The van der Waals surface area contributed by atoms with Crippen LogP contribution >= 0.6 is 0 Å². The first-order valence-corrected chi connectivity index (χ1v) is 4.54. The van der Waals surface area contributed by atoms with Crippen LogP contribution in [0.15, 0.2) is 16.7 Å². The Balaban J connectivity index is 2.40. The molecular weight excluding hydrogens is 200 g/mol. The highest BCUT2D eigenvalue weighted by atomic mass is 16.5. The number of carboxylic acid groups (broad SMARTS) is 1. The Labute approximate surface area is 87.6 Å². The predicted octanol–water partition coefficient (Wildman–Crippen LogP) is 1.53. The summed E-state index contributed by atoms with van der Waals surface area (Å²) in [6, 6.07) is 1.45. The molecule has 84 valence electrons. The second kappa shape index (κ2) is 5.53. The molecule has 0 saturated carbocycles. The molecule has 1 aromatic rings. The van der Waals surface area contributed by atoms with Crippen molar-refractivity contribution in [1.29, 1.82) is 0 Å². The minimum Gasteiger partial charge on any atom is -0.478 e. The van der Waals surface area contributed by atoms with Crippen molar-refractivity contribution in [2.24, 2.45) is 0 Å². The van der Waals surface area contributed by atoms with Crippen LogP contribution in [0.1, 0.15) is 23.0 Å². The van der Waals surface area contributed by atoms with Crippen LogP contribution in [-0.4, -0.2) is 30.9 Å². The first kappa shape index (κ1) is 11.7. The number of methoxy groups -OCH3 is 1. The van der Waals surface area contributed by atoms with E-state index in [-0.39, 0.29) is 18.3 Å². The number of ether oxygens (including phenoxy) is 2. The molecule has 1 unspecified atom stereocenters. The SMILES string of the molecule is COCC(C)OCc1cc(C(=O)O)co1. The van der Waals surface area contributed by atoms with Gasteiger partial charge in [-0.1, -0.05) is 0 Å². The van der Waals surface area contributed by atoms with Crippen molar-refractivity contribution in [1.82, 2.24) is 0 Å². The minimum atomic E-state index is -1.00. The van der Waals surface area contributed by atoms with Gasteiger partial charge < -0.3 is 19.0 Å². The van der Waals surface area contributed by atoms with Crippen LogP contribution in [0, 0.1) is 0 Å². The lowest BCUT2D eigenvalue weighted by Gasteiger charge is -2.09. The number of carboxylic acids is 1. The van der Waals surface area contributed by atoms with Crippen molar-refractivity contribution in [2.75, 3.05) is 13.7 Å². The zero-order valence-corrected chi connectivity index (χ0v) is 8.73. The molecule has 0 aliphatic carbocycles. The van der Waals surface area contributed by atoms with Crippen LogP contribution in [-0.2, 0) is 16.1 Å². The van der Waals surface area contributed by atoms with Gasteiger partial charge in [-0.15, -0.1) is 0 Å². The smallest absolute Gasteiger partial charge is 0.338 e. The lowest BCUT2D eigenvalue weighted by atomic mass is 10.3. The van der Waals surface area contributed by atoms with Crippen molar-refractivity contribution in [3.63, 3.8) is 0 Å². The van der Waals surface area contributed by atoms with Crippen LogP contribution < -0.4 is 0 Å². The third kappa shape index (κ3) is 3.73. The highest BCUT2D eigenvalue weighted by Crippen LogP contribution is 2.10. The number of rotatable bonds is 6. The van der Waals surface area contributed by atoms with Gasteiger partial charge in [0, 0.05) is 7.11 Å². The normalized spacial score (nSPS) is 12.7. The van der Waals surface area contributed by atoms with Crippen LogP contribution in [0.4, 0.5) is 0 Å². The monoisotopic (exact) mass is 214 g/mol. The fourth-order valence-electron chi connectivity index (χ4n) is 1.08. The van der Waals surface area contributed by atoms with Crippen molar-refractivity contribution in [2.45, 2.75) is 19.6 Å². The Bertz CT molecular complexity index is 317. The number of carbonyl (C=O) groups is 1. The lowest BCUT2D eigenvalue weighted by Crippen LogP contribution is -2.14. The summed E-state index contributed by atoms with van der Waals surface area (Å²) >= 11 is 0. The molecule has 0 aromatic carbocycles.